The number of guanidine groups is 1. The van der Waals surface area contributed by atoms with E-state index in [0.717, 1.165) is 35.9 Å². The highest BCUT2D eigenvalue weighted by molar-refractivity contribution is 14.0. The van der Waals surface area contributed by atoms with E-state index in [4.69, 9.17) is 9.47 Å². The zero-order chi connectivity index (χ0) is 16.7. The largest absolute Gasteiger partial charge is 0.497 e. The summed E-state index contributed by atoms with van der Waals surface area (Å²) in [4.78, 5) is 4.24. The van der Waals surface area contributed by atoms with Crippen molar-refractivity contribution in [2.24, 2.45) is 4.99 Å². The van der Waals surface area contributed by atoms with E-state index < -0.39 is 0 Å². The number of rotatable bonds is 6. The number of hydrogen-bond donors (Lipinski definition) is 2. The highest BCUT2D eigenvalue weighted by atomic mass is 127. The average molecular weight is 447 g/mol. The van der Waals surface area contributed by atoms with E-state index in [2.05, 4.69) is 35.5 Å². The summed E-state index contributed by atoms with van der Waals surface area (Å²) in [5.74, 6) is 2.53. The number of aliphatic imine (C=N–C) groups is 1. The second-order valence-electron chi connectivity index (χ2n) is 6.22. The lowest BCUT2D eigenvalue weighted by molar-refractivity contribution is 0.207. The van der Waals surface area contributed by atoms with Crippen LogP contribution in [0.3, 0.4) is 0 Å². The predicted molar refractivity (Wildman–Crippen MR) is 110 cm³/mol. The Balaban J connectivity index is 0.00000288. The maximum absolute atomic E-state index is 6.22. The van der Waals surface area contributed by atoms with Crippen molar-refractivity contribution in [3.05, 3.63) is 23.8 Å². The van der Waals surface area contributed by atoms with Crippen LogP contribution in [0.4, 0.5) is 0 Å². The molecule has 1 aliphatic carbocycles. The lowest BCUT2D eigenvalue weighted by Gasteiger charge is -2.19. The summed E-state index contributed by atoms with van der Waals surface area (Å²) in [7, 11) is 3.46. The molecule has 0 spiro atoms. The molecule has 1 aliphatic rings. The predicted octanol–water partition coefficient (Wildman–Crippen LogP) is 3.71. The Kier molecular flexibility index (Phi) is 9.25. The van der Waals surface area contributed by atoms with Crippen LogP contribution in [0.25, 0.3) is 0 Å². The van der Waals surface area contributed by atoms with E-state index >= 15 is 0 Å². The molecule has 0 aromatic heterocycles. The molecule has 5 nitrogen and oxygen atoms in total. The van der Waals surface area contributed by atoms with Crippen molar-refractivity contribution in [1.29, 1.82) is 0 Å². The molecule has 0 bridgehead atoms. The van der Waals surface area contributed by atoms with Crippen LogP contribution >= 0.6 is 24.0 Å². The Morgan fingerprint density at radius 3 is 2.58 bits per heavy atom. The molecule has 0 unspecified atom stereocenters. The first-order valence-electron chi connectivity index (χ1n) is 8.43. The summed E-state index contributed by atoms with van der Waals surface area (Å²) in [6.45, 7) is 4.85. The molecular weight excluding hydrogens is 417 g/mol. The van der Waals surface area contributed by atoms with Gasteiger partial charge in [-0.3, -0.25) is 4.99 Å². The van der Waals surface area contributed by atoms with Gasteiger partial charge in [-0.05, 0) is 51.7 Å². The van der Waals surface area contributed by atoms with Gasteiger partial charge in [-0.2, -0.15) is 0 Å². The second-order valence-corrected chi connectivity index (χ2v) is 6.22. The molecule has 0 amide bonds. The Bertz CT molecular complexity index is 529. The standard InChI is InChI=1S/C18H29N3O2.HI/c1-13(2)21-18(19-3)20-12-14-9-10-16(22-4)11-17(14)23-15-7-5-6-8-15;/h9-11,13,15H,5-8,12H2,1-4H3,(H2,19,20,21);1H. The maximum Gasteiger partial charge on any atom is 0.191 e. The van der Waals surface area contributed by atoms with Gasteiger partial charge >= 0.3 is 0 Å². The highest BCUT2D eigenvalue weighted by Gasteiger charge is 2.18. The fraction of sp³-hybridized carbons (Fsp3) is 0.611. The quantitative estimate of drug-likeness (QED) is 0.397. The molecule has 2 N–H and O–H groups in total. The molecule has 6 heteroatoms. The van der Waals surface area contributed by atoms with Crippen molar-refractivity contribution >= 4 is 29.9 Å². The van der Waals surface area contributed by atoms with Crippen LogP contribution in [0, 0.1) is 0 Å². The Morgan fingerprint density at radius 1 is 1.29 bits per heavy atom. The SMILES string of the molecule is CN=C(NCc1ccc(OC)cc1OC1CCCC1)NC(C)C.I. The summed E-state index contributed by atoms with van der Waals surface area (Å²) in [5, 5.41) is 6.63. The van der Waals surface area contributed by atoms with Crippen LogP contribution in [0.5, 0.6) is 11.5 Å². The first-order chi connectivity index (χ1) is 11.1. The summed E-state index contributed by atoms with van der Waals surface area (Å²) < 4.78 is 11.6. The minimum Gasteiger partial charge on any atom is -0.497 e. The monoisotopic (exact) mass is 447 g/mol. The third kappa shape index (κ3) is 6.37. The molecule has 1 aromatic carbocycles. The van der Waals surface area contributed by atoms with Crippen molar-refractivity contribution < 1.29 is 9.47 Å². The molecule has 0 heterocycles. The number of methoxy groups -OCH3 is 1. The van der Waals surface area contributed by atoms with E-state index in [0.29, 0.717) is 18.7 Å². The molecule has 24 heavy (non-hydrogen) atoms. The van der Waals surface area contributed by atoms with Gasteiger partial charge in [-0.15, -0.1) is 24.0 Å². The summed E-state index contributed by atoms with van der Waals surface area (Å²) in [5.41, 5.74) is 1.12. The van der Waals surface area contributed by atoms with Crippen LogP contribution in [0.15, 0.2) is 23.2 Å². The Morgan fingerprint density at radius 2 is 2.00 bits per heavy atom. The fourth-order valence-corrected chi connectivity index (χ4v) is 2.75. The van der Waals surface area contributed by atoms with Crippen molar-refractivity contribution in [3.8, 4) is 11.5 Å². The van der Waals surface area contributed by atoms with Gasteiger partial charge in [0.25, 0.3) is 0 Å². The van der Waals surface area contributed by atoms with Crippen molar-refractivity contribution in [2.45, 2.75) is 58.2 Å². The molecule has 136 valence electrons. The van der Waals surface area contributed by atoms with Crippen molar-refractivity contribution in [3.63, 3.8) is 0 Å². The van der Waals surface area contributed by atoms with E-state index in [-0.39, 0.29) is 24.0 Å². The fourth-order valence-electron chi connectivity index (χ4n) is 2.75. The lowest BCUT2D eigenvalue weighted by atomic mass is 10.2. The lowest BCUT2D eigenvalue weighted by Crippen LogP contribution is -2.40. The van der Waals surface area contributed by atoms with E-state index in [1.54, 1.807) is 14.2 Å². The van der Waals surface area contributed by atoms with Crippen LogP contribution in [-0.4, -0.2) is 32.3 Å². The smallest absolute Gasteiger partial charge is 0.191 e. The highest BCUT2D eigenvalue weighted by Crippen LogP contribution is 2.29. The summed E-state index contributed by atoms with van der Waals surface area (Å²) in [6.07, 6.45) is 5.12. The van der Waals surface area contributed by atoms with Gasteiger partial charge in [0.15, 0.2) is 5.96 Å². The number of ether oxygens (including phenoxy) is 2. The number of nitrogens with zero attached hydrogens (tertiary/aromatic N) is 1. The maximum atomic E-state index is 6.22. The molecule has 2 rings (SSSR count). The van der Waals surface area contributed by atoms with Gasteiger partial charge in [0, 0.05) is 31.3 Å². The number of nitrogens with one attached hydrogen (secondary N) is 2. The third-order valence-corrected chi connectivity index (χ3v) is 3.97. The third-order valence-electron chi connectivity index (χ3n) is 3.97. The van der Waals surface area contributed by atoms with Gasteiger partial charge < -0.3 is 20.1 Å². The van der Waals surface area contributed by atoms with E-state index in [9.17, 15) is 0 Å². The number of benzene rings is 1. The molecule has 1 aromatic rings. The number of hydrogen-bond acceptors (Lipinski definition) is 3. The minimum atomic E-state index is 0. The molecule has 1 fully saturated rings. The van der Waals surface area contributed by atoms with Crippen LogP contribution in [0.2, 0.25) is 0 Å². The van der Waals surface area contributed by atoms with Crippen LogP contribution < -0.4 is 20.1 Å². The molecule has 0 saturated heterocycles. The summed E-state index contributed by atoms with van der Waals surface area (Å²) in [6, 6.07) is 6.34. The first-order valence-corrected chi connectivity index (χ1v) is 8.43. The van der Waals surface area contributed by atoms with Crippen molar-refractivity contribution in [2.75, 3.05) is 14.2 Å². The Hall–Kier alpha value is -1.18. The van der Waals surface area contributed by atoms with Gasteiger partial charge in [0.2, 0.25) is 0 Å². The summed E-state index contributed by atoms with van der Waals surface area (Å²) >= 11 is 0. The van der Waals surface area contributed by atoms with Gasteiger partial charge in [-0.1, -0.05) is 0 Å². The normalized spacial score (nSPS) is 15.1. The second kappa shape index (κ2) is 10.6. The molecule has 0 aliphatic heterocycles. The zero-order valence-electron chi connectivity index (χ0n) is 15.1. The Labute approximate surface area is 162 Å². The van der Waals surface area contributed by atoms with Crippen molar-refractivity contribution in [1.82, 2.24) is 10.6 Å². The minimum absolute atomic E-state index is 0. The topological polar surface area (TPSA) is 54.9 Å². The molecule has 0 radical (unpaired) electrons. The average Bonchev–Trinajstić information content (AvgIpc) is 3.04. The van der Waals surface area contributed by atoms with Crippen LogP contribution in [-0.2, 0) is 6.54 Å². The number of halogens is 1. The van der Waals surface area contributed by atoms with Crippen LogP contribution in [0.1, 0.15) is 45.1 Å². The van der Waals surface area contributed by atoms with Gasteiger partial charge in [-0.25, -0.2) is 0 Å². The molecule has 0 atom stereocenters. The van der Waals surface area contributed by atoms with E-state index in [1.165, 1.54) is 12.8 Å². The van der Waals surface area contributed by atoms with Gasteiger partial charge in [0.1, 0.15) is 11.5 Å². The molecular formula is C18H30IN3O2. The zero-order valence-corrected chi connectivity index (χ0v) is 17.4. The van der Waals surface area contributed by atoms with E-state index in [1.807, 2.05) is 12.1 Å². The van der Waals surface area contributed by atoms with Gasteiger partial charge in [0.05, 0.1) is 13.2 Å². The first kappa shape index (κ1) is 20.9. The molecule has 1 saturated carbocycles.